The lowest BCUT2D eigenvalue weighted by molar-refractivity contribution is 0.119. The first-order chi connectivity index (χ1) is 25.0. The highest BCUT2D eigenvalue weighted by Crippen LogP contribution is 2.32. The zero-order valence-corrected chi connectivity index (χ0v) is 35.0. The van der Waals surface area contributed by atoms with Gasteiger partial charge in [-0.25, -0.2) is 0 Å². The molecule has 0 aliphatic carbocycles. The topological polar surface area (TPSA) is 34.4 Å². The van der Waals surface area contributed by atoms with Crippen LogP contribution in [0.1, 0.15) is 207 Å². The Balaban J connectivity index is 2.24. The van der Waals surface area contributed by atoms with E-state index in [1.165, 1.54) is 180 Å². The lowest BCUT2D eigenvalue weighted by Gasteiger charge is -2.17. The molecule has 0 aromatic carbocycles. The summed E-state index contributed by atoms with van der Waals surface area (Å²) in [6.07, 6.45) is 61.3. The highest BCUT2D eigenvalue weighted by Gasteiger charge is 2.46. The Bertz CT molecular complexity index is 838. The van der Waals surface area contributed by atoms with Crippen LogP contribution in [-0.2, 0) is 4.74 Å². The van der Waals surface area contributed by atoms with Crippen LogP contribution in [0, 0.1) is 0 Å². The highest BCUT2D eigenvalue weighted by atomic mass is 16.5. The van der Waals surface area contributed by atoms with Crippen LogP contribution in [0.3, 0.4) is 0 Å². The summed E-state index contributed by atoms with van der Waals surface area (Å²) >= 11 is 0. The van der Waals surface area contributed by atoms with E-state index in [1.54, 1.807) is 0 Å². The molecule has 1 aliphatic heterocycles. The fraction of sp³-hybridized carbons (Fsp3) is 0.792. The minimum absolute atomic E-state index is 0.128. The van der Waals surface area contributed by atoms with Crippen molar-refractivity contribution in [2.24, 2.45) is 0 Å². The molecular formula is C48H88N2O. The normalized spacial score (nSPS) is 18.6. The van der Waals surface area contributed by atoms with Gasteiger partial charge in [-0.2, -0.15) is 0 Å². The Hall–Kier alpha value is -1.58. The molecule has 2 atom stereocenters. The molecule has 0 aromatic rings. The summed E-state index contributed by atoms with van der Waals surface area (Å²) in [5.74, 6) is 0. The molecule has 0 bridgehead atoms. The van der Waals surface area contributed by atoms with Gasteiger partial charge in [0.1, 0.15) is 0 Å². The van der Waals surface area contributed by atoms with Crippen LogP contribution in [0.2, 0.25) is 0 Å². The van der Waals surface area contributed by atoms with Gasteiger partial charge in [-0.1, -0.05) is 146 Å². The lowest BCUT2D eigenvalue weighted by atomic mass is 10.0. The van der Waals surface area contributed by atoms with Crippen molar-refractivity contribution in [3.8, 4) is 0 Å². The van der Waals surface area contributed by atoms with Gasteiger partial charge in [0.15, 0.2) is 0 Å². The average Bonchev–Trinajstić information content (AvgIpc) is 3.77. The van der Waals surface area contributed by atoms with E-state index in [9.17, 15) is 0 Å². The van der Waals surface area contributed by atoms with Crippen LogP contribution >= 0.6 is 0 Å². The maximum absolute atomic E-state index is 6.46. The third-order valence-corrected chi connectivity index (χ3v) is 10.6. The third-order valence-electron chi connectivity index (χ3n) is 10.6. The first kappa shape index (κ1) is 47.4. The van der Waals surface area contributed by atoms with E-state index in [0.29, 0.717) is 12.1 Å². The number of rotatable bonds is 38. The number of ether oxygens (including phenoxy) is 1. The van der Waals surface area contributed by atoms with Gasteiger partial charge in [-0.05, 0) is 136 Å². The van der Waals surface area contributed by atoms with Crippen LogP contribution in [0.15, 0.2) is 60.9 Å². The average molecular weight is 709 g/mol. The van der Waals surface area contributed by atoms with Crippen molar-refractivity contribution in [1.29, 1.82) is 0 Å². The van der Waals surface area contributed by atoms with Crippen molar-refractivity contribution in [2.45, 2.75) is 225 Å². The smallest absolute Gasteiger partial charge is 0.0978 e. The molecule has 1 rings (SSSR count). The van der Waals surface area contributed by atoms with E-state index >= 15 is 0 Å². The van der Waals surface area contributed by atoms with Gasteiger partial charge < -0.3 is 15.0 Å². The molecule has 1 N–H and O–H groups in total. The number of unbranched alkanes of at least 4 members (excludes halogenated alkanes) is 19. The second-order valence-corrected chi connectivity index (χ2v) is 16.1. The van der Waals surface area contributed by atoms with Crippen LogP contribution in [0.4, 0.5) is 0 Å². The Morgan fingerprint density at radius 1 is 0.549 bits per heavy atom. The number of hydrogen-bond donors (Lipinski definition) is 1. The van der Waals surface area contributed by atoms with Crippen LogP contribution in [0.25, 0.3) is 0 Å². The summed E-state index contributed by atoms with van der Waals surface area (Å²) < 4.78 is 6.46. The molecule has 1 aliphatic rings. The Kier molecular flexibility index (Phi) is 33.0. The molecule has 0 spiro atoms. The predicted octanol–water partition coefficient (Wildman–Crippen LogP) is 14.8. The second kappa shape index (κ2) is 35.4. The highest BCUT2D eigenvalue weighted by molar-refractivity contribution is 5.21. The fourth-order valence-electron chi connectivity index (χ4n) is 6.94. The largest absolute Gasteiger partial charge is 0.498 e. The van der Waals surface area contributed by atoms with E-state index < -0.39 is 0 Å². The minimum Gasteiger partial charge on any atom is -0.498 e. The summed E-state index contributed by atoms with van der Waals surface area (Å²) in [6, 6.07) is 0.609. The summed E-state index contributed by atoms with van der Waals surface area (Å²) in [4.78, 5) is 2.29. The van der Waals surface area contributed by atoms with E-state index in [-0.39, 0.29) is 5.54 Å². The minimum atomic E-state index is 0.128. The van der Waals surface area contributed by atoms with Crippen molar-refractivity contribution in [1.82, 2.24) is 10.2 Å². The standard InChI is InChI=1S/C48H88N2O/c1-6-8-10-12-14-16-18-20-22-24-26-28-30-32-34-36-40-46(51-45-43-48(3)47(49-48)42-38-39-44-50(4)5)41-37-35-33-31-29-27-25-23-21-19-17-15-13-11-9-7-2/h14-17,20-23,43,45-47,49H,6-13,18-19,24-42,44H2,1-5H3. The number of nitrogens with zero attached hydrogens (tertiary/aromatic N) is 1. The summed E-state index contributed by atoms with van der Waals surface area (Å²) in [7, 11) is 4.34. The van der Waals surface area contributed by atoms with E-state index in [1.807, 2.05) is 0 Å². The lowest BCUT2D eigenvalue weighted by Crippen LogP contribution is -2.13. The molecule has 296 valence electrons. The fourth-order valence-corrected chi connectivity index (χ4v) is 6.94. The Morgan fingerprint density at radius 3 is 1.43 bits per heavy atom. The van der Waals surface area contributed by atoms with E-state index in [0.717, 1.165) is 12.8 Å². The first-order valence-corrected chi connectivity index (χ1v) is 22.4. The SMILES string of the molecule is CCCCCC=CCC=CCCCCCCCCC(CCCCCCCCC=CCC=CCCCCC)OC=CC1(C)NC1CCCCN(C)C. The molecule has 3 nitrogen and oxygen atoms in total. The van der Waals surface area contributed by atoms with Gasteiger partial charge in [0, 0.05) is 6.04 Å². The zero-order chi connectivity index (χ0) is 36.9. The monoisotopic (exact) mass is 709 g/mol. The molecule has 0 saturated carbocycles. The number of nitrogens with one attached hydrogen (secondary N) is 1. The molecule has 1 saturated heterocycles. The molecule has 1 heterocycles. The van der Waals surface area contributed by atoms with Crippen LogP contribution in [-0.4, -0.2) is 43.2 Å². The zero-order valence-electron chi connectivity index (χ0n) is 35.0. The van der Waals surface area contributed by atoms with Gasteiger partial charge >= 0.3 is 0 Å². The Labute approximate surface area is 320 Å². The van der Waals surface area contributed by atoms with Gasteiger partial charge in [0.05, 0.1) is 17.9 Å². The van der Waals surface area contributed by atoms with Crippen molar-refractivity contribution in [2.75, 3.05) is 20.6 Å². The van der Waals surface area contributed by atoms with E-state index in [4.69, 9.17) is 4.74 Å². The van der Waals surface area contributed by atoms with Gasteiger partial charge in [0.2, 0.25) is 0 Å². The number of allylic oxidation sites excluding steroid dienone is 8. The van der Waals surface area contributed by atoms with Crippen molar-refractivity contribution < 1.29 is 4.74 Å². The Morgan fingerprint density at radius 2 is 0.980 bits per heavy atom. The molecule has 51 heavy (non-hydrogen) atoms. The van der Waals surface area contributed by atoms with Crippen LogP contribution < -0.4 is 5.32 Å². The van der Waals surface area contributed by atoms with Gasteiger partial charge in [-0.15, -0.1) is 0 Å². The molecule has 3 heteroatoms. The quantitative estimate of drug-likeness (QED) is 0.0300. The van der Waals surface area contributed by atoms with Gasteiger partial charge in [0.25, 0.3) is 0 Å². The van der Waals surface area contributed by atoms with Crippen LogP contribution in [0.5, 0.6) is 0 Å². The summed E-state index contributed by atoms with van der Waals surface area (Å²) in [5, 5.41) is 3.72. The first-order valence-electron chi connectivity index (χ1n) is 22.4. The van der Waals surface area contributed by atoms with Gasteiger partial charge in [-0.3, -0.25) is 0 Å². The maximum atomic E-state index is 6.46. The van der Waals surface area contributed by atoms with Crippen molar-refractivity contribution >= 4 is 0 Å². The molecule has 0 amide bonds. The van der Waals surface area contributed by atoms with Crippen molar-refractivity contribution in [3.05, 3.63) is 60.9 Å². The third kappa shape index (κ3) is 31.6. The molecular weight excluding hydrogens is 621 g/mol. The second-order valence-electron chi connectivity index (χ2n) is 16.1. The van der Waals surface area contributed by atoms with Crippen molar-refractivity contribution in [3.63, 3.8) is 0 Å². The molecule has 2 unspecified atom stereocenters. The number of hydrogen-bond acceptors (Lipinski definition) is 3. The summed E-state index contributed by atoms with van der Waals surface area (Å²) in [6.45, 7) is 8.07. The van der Waals surface area contributed by atoms with E-state index in [2.05, 4.69) is 106 Å². The maximum Gasteiger partial charge on any atom is 0.0978 e. The predicted molar refractivity (Wildman–Crippen MR) is 230 cm³/mol. The molecule has 0 radical (unpaired) electrons. The summed E-state index contributed by atoms with van der Waals surface area (Å²) in [5.41, 5.74) is 0.128. The molecule has 0 aromatic heterocycles. The molecule has 1 fully saturated rings.